The normalized spacial score (nSPS) is 32.5. The zero-order valence-electron chi connectivity index (χ0n) is 13.8. The number of hydrogen-bond acceptors (Lipinski definition) is 3. The topological polar surface area (TPSA) is 46.5 Å². The van der Waals surface area contributed by atoms with Gasteiger partial charge in [-0.3, -0.25) is 4.79 Å². The van der Waals surface area contributed by atoms with Gasteiger partial charge in [-0.05, 0) is 31.5 Å². The second-order valence-corrected chi connectivity index (χ2v) is 13.2. The fourth-order valence-electron chi connectivity index (χ4n) is 2.68. The quantitative estimate of drug-likeness (QED) is 0.790. The molecule has 4 heteroatoms. The molecule has 0 saturated heterocycles. The first-order valence-corrected chi connectivity index (χ1v) is 10.0. The van der Waals surface area contributed by atoms with Gasteiger partial charge in [0, 0.05) is 17.9 Å². The van der Waals surface area contributed by atoms with E-state index in [-0.39, 0.29) is 16.9 Å². The highest BCUT2D eigenvalue weighted by atomic mass is 28.4. The van der Waals surface area contributed by atoms with Crippen molar-refractivity contribution in [2.45, 2.75) is 84.2 Å². The minimum Gasteiger partial charge on any atom is -0.414 e. The van der Waals surface area contributed by atoms with Crippen molar-refractivity contribution in [3.63, 3.8) is 0 Å². The third-order valence-corrected chi connectivity index (χ3v) is 9.27. The SMILES string of the molecule is CC1(C)C[C@@H](O[Si](C)(C)C(C)(C)C)C[C@](C)(O)C1=O. The highest BCUT2D eigenvalue weighted by Gasteiger charge is 2.50. The standard InChI is InChI=1S/C15H30O3Si/c1-13(2,3)19(7,8)18-11-9-14(4,5)12(16)15(6,17)10-11/h11,17H,9-10H2,1-8H3/t11-,15+/m1/s1. The molecule has 1 aliphatic rings. The lowest BCUT2D eigenvalue weighted by Gasteiger charge is -2.46. The Labute approximate surface area is 118 Å². The van der Waals surface area contributed by atoms with Gasteiger partial charge in [-0.15, -0.1) is 0 Å². The van der Waals surface area contributed by atoms with E-state index in [2.05, 4.69) is 33.9 Å². The van der Waals surface area contributed by atoms with Crippen molar-refractivity contribution in [3.05, 3.63) is 0 Å². The van der Waals surface area contributed by atoms with E-state index in [1.165, 1.54) is 0 Å². The van der Waals surface area contributed by atoms with Crippen molar-refractivity contribution in [2.24, 2.45) is 5.41 Å². The molecular weight excluding hydrogens is 256 g/mol. The molecule has 0 amide bonds. The van der Waals surface area contributed by atoms with E-state index >= 15 is 0 Å². The number of hydrogen-bond donors (Lipinski definition) is 1. The lowest BCUT2D eigenvalue weighted by atomic mass is 9.68. The fourth-order valence-corrected chi connectivity index (χ4v) is 4.03. The largest absolute Gasteiger partial charge is 0.414 e. The van der Waals surface area contributed by atoms with Crippen LogP contribution in [0.5, 0.6) is 0 Å². The molecule has 1 fully saturated rings. The maximum absolute atomic E-state index is 12.2. The fraction of sp³-hybridized carbons (Fsp3) is 0.933. The molecule has 112 valence electrons. The zero-order valence-corrected chi connectivity index (χ0v) is 14.8. The maximum Gasteiger partial charge on any atom is 0.192 e. The van der Waals surface area contributed by atoms with E-state index < -0.39 is 19.3 Å². The summed E-state index contributed by atoms with van der Waals surface area (Å²) in [6.07, 6.45) is 1.10. The summed E-state index contributed by atoms with van der Waals surface area (Å²) in [6.45, 7) is 16.5. The molecule has 1 rings (SSSR count). The van der Waals surface area contributed by atoms with Crippen LogP contribution in [0.4, 0.5) is 0 Å². The van der Waals surface area contributed by atoms with Gasteiger partial charge < -0.3 is 9.53 Å². The first kappa shape index (κ1) is 16.9. The molecule has 2 atom stereocenters. The van der Waals surface area contributed by atoms with Crippen LogP contribution in [-0.2, 0) is 9.22 Å². The van der Waals surface area contributed by atoms with Gasteiger partial charge in [0.25, 0.3) is 0 Å². The summed E-state index contributed by atoms with van der Waals surface area (Å²) in [7, 11) is -1.86. The van der Waals surface area contributed by atoms with Crippen LogP contribution in [0.1, 0.15) is 54.4 Å². The van der Waals surface area contributed by atoms with E-state index in [1.807, 2.05) is 13.8 Å². The Kier molecular flexibility index (Phi) is 4.15. The Morgan fingerprint density at radius 1 is 1.21 bits per heavy atom. The third kappa shape index (κ3) is 3.47. The minimum absolute atomic E-state index is 0.0245. The molecule has 0 aromatic rings. The summed E-state index contributed by atoms with van der Waals surface area (Å²) < 4.78 is 6.39. The molecule has 0 bridgehead atoms. The van der Waals surface area contributed by atoms with Gasteiger partial charge in [0.05, 0.1) is 0 Å². The lowest BCUT2D eigenvalue weighted by Crippen LogP contribution is -2.55. The lowest BCUT2D eigenvalue weighted by molar-refractivity contribution is -0.156. The molecule has 0 aliphatic heterocycles. The van der Waals surface area contributed by atoms with Crippen LogP contribution in [-0.4, -0.2) is 30.9 Å². The number of carbonyl (C=O) groups excluding carboxylic acids is 1. The highest BCUT2D eigenvalue weighted by Crippen LogP contribution is 2.43. The maximum atomic E-state index is 12.2. The zero-order chi connectivity index (χ0) is 15.3. The summed E-state index contributed by atoms with van der Waals surface area (Å²) in [5.74, 6) is -0.0601. The van der Waals surface area contributed by atoms with Crippen LogP contribution in [0.2, 0.25) is 18.1 Å². The Morgan fingerprint density at radius 2 is 1.68 bits per heavy atom. The van der Waals surface area contributed by atoms with E-state index in [4.69, 9.17) is 4.43 Å². The highest BCUT2D eigenvalue weighted by molar-refractivity contribution is 6.74. The molecule has 0 radical (unpaired) electrons. The van der Waals surface area contributed by atoms with Gasteiger partial charge in [0.2, 0.25) is 0 Å². The van der Waals surface area contributed by atoms with Gasteiger partial charge in [-0.25, -0.2) is 0 Å². The number of rotatable bonds is 2. The predicted molar refractivity (Wildman–Crippen MR) is 80.7 cm³/mol. The van der Waals surface area contributed by atoms with Crippen molar-refractivity contribution >= 4 is 14.1 Å². The van der Waals surface area contributed by atoms with Gasteiger partial charge in [0.15, 0.2) is 14.1 Å². The Bertz CT molecular complexity index is 344. The number of ketones is 1. The van der Waals surface area contributed by atoms with Crippen LogP contribution >= 0.6 is 0 Å². The molecule has 0 aromatic heterocycles. The molecule has 0 unspecified atom stereocenters. The summed E-state index contributed by atoms with van der Waals surface area (Å²) in [5.41, 5.74) is -1.76. The molecule has 1 saturated carbocycles. The van der Waals surface area contributed by atoms with Gasteiger partial charge in [-0.1, -0.05) is 34.6 Å². The van der Waals surface area contributed by atoms with Crippen LogP contribution in [0.25, 0.3) is 0 Å². The molecule has 0 heterocycles. The van der Waals surface area contributed by atoms with Crippen LogP contribution in [0.3, 0.4) is 0 Å². The molecule has 0 aromatic carbocycles. The first-order chi connectivity index (χ1) is 8.19. The Balaban J connectivity index is 2.91. The predicted octanol–water partition coefficient (Wildman–Crippen LogP) is 3.52. The van der Waals surface area contributed by atoms with E-state index in [1.54, 1.807) is 6.92 Å². The molecule has 19 heavy (non-hydrogen) atoms. The summed E-state index contributed by atoms with van der Waals surface area (Å²) in [6, 6.07) is 0. The van der Waals surface area contributed by atoms with Crippen LogP contribution in [0, 0.1) is 5.41 Å². The summed E-state index contributed by atoms with van der Waals surface area (Å²) in [4.78, 5) is 12.2. The molecule has 3 nitrogen and oxygen atoms in total. The minimum atomic E-state index is -1.86. The second-order valence-electron chi connectivity index (χ2n) is 8.40. The molecule has 1 N–H and O–H groups in total. The van der Waals surface area contributed by atoms with Crippen molar-refractivity contribution in [1.82, 2.24) is 0 Å². The average molecular weight is 286 g/mol. The summed E-state index contributed by atoms with van der Waals surface area (Å²) >= 11 is 0. The van der Waals surface area contributed by atoms with Crippen molar-refractivity contribution in [3.8, 4) is 0 Å². The van der Waals surface area contributed by atoms with E-state index in [0.29, 0.717) is 12.8 Å². The Morgan fingerprint density at radius 3 is 2.05 bits per heavy atom. The van der Waals surface area contributed by atoms with Gasteiger partial charge >= 0.3 is 0 Å². The van der Waals surface area contributed by atoms with Crippen molar-refractivity contribution in [1.29, 1.82) is 0 Å². The number of Topliss-reactive ketones (excluding diaryl/α,β-unsaturated/α-hetero) is 1. The first-order valence-electron chi connectivity index (χ1n) is 7.14. The van der Waals surface area contributed by atoms with E-state index in [9.17, 15) is 9.90 Å². The average Bonchev–Trinajstić information content (AvgIpc) is 2.10. The van der Waals surface area contributed by atoms with E-state index in [0.717, 1.165) is 0 Å². The smallest absolute Gasteiger partial charge is 0.192 e. The van der Waals surface area contributed by atoms with Crippen molar-refractivity contribution in [2.75, 3.05) is 0 Å². The van der Waals surface area contributed by atoms with Crippen LogP contribution in [0.15, 0.2) is 0 Å². The third-order valence-electron chi connectivity index (χ3n) is 4.73. The van der Waals surface area contributed by atoms with Gasteiger partial charge in [-0.2, -0.15) is 0 Å². The second kappa shape index (κ2) is 4.67. The number of aliphatic hydroxyl groups is 1. The Hall–Kier alpha value is -0.193. The number of carbonyl (C=O) groups is 1. The van der Waals surface area contributed by atoms with Crippen LogP contribution < -0.4 is 0 Å². The summed E-state index contributed by atoms with van der Waals surface area (Å²) in [5, 5.41) is 10.5. The van der Waals surface area contributed by atoms with Gasteiger partial charge in [0.1, 0.15) is 5.60 Å². The monoisotopic (exact) mass is 286 g/mol. The molecule has 0 spiro atoms. The molecule has 1 aliphatic carbocycles. The molecular formula is C15H30O3Si. The van der Waals surface area contributed by atoms with Crippen molar-refractivity contribution < 1.29 is 14.3 Å².